The number of carbonyl (C=O) groups excluding carboxylic acids is 1. The third kappa shape index (κ3) is 4.98. The van der Waals surface area contributed by atoms with E-state index in [0.29, 0.717) is 30.9 Å². The van der Waals surface area contributed by atoms with Crippen molar-refractivity contribution in [2.24, 2.45) is 0 Å². The molecule has 8 heteroatoms. The number of aryl methyl sites for hydroxylation is 1. The molecule has 1 unspecified atom stereocenters. The van der Waals surface area contributed by atoms with Gasteiger partial charge in [-0.15, -0.1) is 0 Å². The maximum absolute atomic E-state index is 12.6. The molecule has 0 bridgehead atoms. The topological polar surface area (TPSA) is 85.9 Å². The predicted octanol–water partition coefficient (Wildman–Crippen LogP) is 2.18. The van der Waals surface area contributed by atoms with Crippen molar-refractivity contribution in [3.63, 3.8) is 0 Å². The number of hydrogen-bond acceptors (Lipinski definition) is 6. The number of methoxy groups -OCH3 is 1. The van der Waals surface area contributed by atoms with Crippen molar-refractivity contribution in [2.45, 2.75) is 19.0 Å². The molecule has 2 aromatic carbocycles. The van der Waals surface area contributed by atoms with E-state index in [1.807, 2.05) is 42.5 Å². The number of hydrogen-bond donors (Lipinski definition) is 1. The van der Waals surface area contributed by atoms with Gasteiger partial charge in [0.25, 0.3) is 0 Å². The third-order valence-electron chi connectivity index (χ3n) is 5.62. The quantitative estimate of drug-likeness (QED) is 0.595. The Hall–Kier alpha value is -3.10. The van der Waals surface area contributed by atoms with Crippen LogP contribution in [0.2, 0.25) is 0 Å². The summed E-state index contributed by atoms with van der Waals surface area (Å²) in [5, 5.41) is 3.04. The zero-order valence-electron chi connectivity index (χ0n) is 17.6. The van der Waals surface area contributed by atoms with Crippen LogP contribution in [0.4, 0.5) is 0 Å². The van der Waals surface area contributed by atoms with Gasteiger partial charge in [-0.2, -0.15) is 0 Å². The van der Waals surface area contributed by atoms with Gasteiger partial charge in [-0.25, -0.2) is 4.79 Å². The Balaban J connectivity index is 1.40. The van der Waals surface area contributed by atoms with Crippen molar-refractivity contribution in [3.8, 4) is 5.75 Å². The van der Waals surface area contributed by atoms with Crippen LogP contribution in [0.25, 0.3) is 11.1 Å². The molecule has 1 aliphatic rings. The minimum Gasteiger partial charge on any atom is -0.497 e. The van der Waals surface area contributed by atoms with Crippen LogP contribution >= 0.6 is 0 Å². The van der Waals surface area contributed by atoms with Crippen molar-refractivity contribution < 1.29 is 18.7 Å². The van der Waals surface area contributed by atoms with Crippen LogP contribution in [0.1, 0.15) is 18.0 Å². The van der Waals surface area contributed by atoms with Crippen LogP contribution in [0.15, 0.2) is 57.7 Å². The van der Waals surface area contributed by atoms with Crippen LogP contribution in [0, 0.1) is 0 Å². The van der Waals surface area contributed by atoms with Crippen molar-refractivity contribution >= 4 is 17.0 Å². The molecule has 1 saturated heterocycles. The molecule has 0 spiro atoms. The molecule has 0 saturated carbocycles. The lowest BCUT2D eigenvalue weighted by Gasteiger charge is -2.35. The largest absolute Gasteiger partial charge is 0.497 e. The van der Waals surface area contributed by atoms with Crippen LogP contribution in [-0.4, -0.2) is 55.3 Å². The van der Waals surface area contributed by atoms with Gasteiger partial charge in [-0.3, -0.25) is 14.3 Å². The number of oxazole rings is 1. The molecule has 31 heavy (non-hydrogen) atoms. The first-order valence-electron chi connectivity index (χ1n) is 10.5. The first-order valence-corrected chi connectivity index (χ1v) is 10.5. The molecule has 1 N–H and O–H groups in total. The first kappa shape index (κ1) is 21.1. The number of ether oxygens (including phenoxy) is 2. The standard InChI is InChI=1S/C23H27N3O5/c1-29-18-8-6-17(7-9-18)20(25-12-14-30-15-13-25)16-24-22(27)10-11-26-19-4-2-3-5-21(19)31-23(26)28/h2-9,20H,10-16H2,1H3,(H,24,27). The monoisotopic (exact) mass is 425 g/mol. The molecule has 0 aliphatic carbocycles. The van der Waals surface area contributed by atoms with E-state index >= 15 is 0 Å². The number of morpholine rings is 1. The highest BCUT2D eigenvalue weighted by Gasteiger charge is 2.23. The van der Waals surface area contributed by atoms with E-state index in [1.54, 1.807) is 13.2 Å². The molecular weight excluding hydrogens is 398 g/mol. The number of nitrogens with one attached hydrogen (secondary N) is 1. The van der Waals surface area contributed by atoms with Gasteiger partial charge in [0.05, 0.1) is 31.9 Å². The van der Waals surface area contributed by atoms with Gasteiger partial charge in [0.15, 0.2) is 5.58 Å². The maximum atomic E-state index is 12.6. The maximum Gasteiger partial charge on any atom is 0.419 e. The highest BCUT2D eigenvalue weighted by Crippen LogP contribution is 2.23. The Labute approximate surface area is 180 Å². The second kappa shape index (κ2) is 9.80. The smallest absolute Gasteiger partial charge is 0.419 e. The lowest BCUT2D eigenvalue weighted by Crippen LogP contribution is -2.44. The van der Waals surface area contributed by atoms with Crippen LogP contribution < -0.4 is 15.8 Å². The summed E-state index contributed by atoms with van der Waals surface area (Å²) in [4.78, 5) is 27.0. The molecule has 1 aromatic heterocycles. The molecule has 1 amide bonds. The lowest BCUT2D eigenvalue weighted by molar-refractivity contribution is -0.121. The van der Waals surface area contributed by atoms with E-state index in [2.05, 4.69) is 10.2 Å². The Morgan fingerprint density at radius 2 is 1.87 bits per heavy atom. The summed E-state index contributed by atoms with van der Waals surface area (Å²) < 4.78 is 17.5. The Morgan fingerprint density at radius 1 is 1.13 bits per heavy atom. The minimum atomic E-state index is -0.446. The first-order chi connectivity index (χ1) is 15.2. The predicted molar refractivity (Wildman–Crippen MR) is 116 cm³/mol. The number of amides is 1. The van der Waals surface area contributed by atoms with Crippen LogP contribution in [0.3, 0.4) is 0 Å². The molecule has 1 fully saturated rings. The fourth-order valence-electron chi connectivity index (χ4n) is 3.91. The molecule has 164 valence electrons. The minimum absolute atomic E-state index is 0.0382. The van der Waals surface area contributed by atoms with Gasteiger partial charge < -0.3 is 19.2 Å². The van der Waals surface area contributed by atoms with Gasteiger partial charge in [-0.1, -0.05) is 24.3 Å². The number of rotatable bonds is 8. The summed E-state index contributed by atoms with van der Waals surface area (Å²) in [6.45, 7) is 3.72. The van der Waals surface area contributed by atoms with Gasteiger partial charge in [0, 0.05) is 32.6 Å². The number of aromatic nitrogens is 1. The van der Waals surface area contributed by atoms with Crippen LogP contribution in [0.5, 0.6) is 5.75 Å². The van der Waals surface area contributed by atoms with E-state index in [9.17, 15) is 9.59 Å². The second-order valence-corrected chi connectivity index (χ2v) is 7.48. The molecular formula is C23H27N3O5. The zero-order valence-corrected chi connectivity index (χ0v) is 17.6. The van der Waals surface area contributed by atoms with E-state index in [0.717, 1.165) is 24.4 Å². The Morgan fingerprint density at radius 3 is 2.61 bits per heavy atom. The number of benzene rings is 2. The van der Waals surface area contributed by atoms with Crippen molar-refractivity contribution in [1.82, 2.24) is 14.8 Å². The fourth-order valence-corrected chi connectivity index (χ4v) is 3.91. The van der Waals surface area contributed by atoms with E-state index in [1.165, 1.54) is 4.57 Å². The van der Waals surface area contributed by atoms with Crippen LogP contribution in [-0.2, 0) is 16.1 Å². The van der Waals surface area contributed by atoms with E-state index in [-0.39, 0.29) is 24.9 Å². The molecule has 0 radical (unpaired) electrons. The van der Waals surface area contributed by atoms with Gasteiger partial charge in [0.1, 0.15) is 5.75 Å². The normalized spacial score (nSPS) is 15.6. The summed E-state index contributed by atoms with van der Waals surface area (Å²) in [5.41, 5.74) is 2.34. The highest BCUT2D eigenvalue weighted by molar-refractivity contribution is 5.76. The van der Waals surface area contributed by atoms with Gasteiger partial charge >= 0.3 is 5.76 Å². The zero-order chi connectivity index (χ0) is 21.6. The molecule has 4 rings (SSSR count). The lowest BCUT2D eigenvalue weighted by atomic mass is 10.0. The van der Waals surface area contributed by atoms with Gasteiger partial charge in [-0.05, 0) is 29.8 Å². The molecule has 3 aromatic rings. The number of nitrogens with zero attached hydrogens (tertiary/aromatic N) is 2. The Kier molecular flexibility index (Phi) is 6.69. The summed E-state index contributed by atoms with van der Waals surface area (Å²) in [6, 6.07) is 15.2. The average Bonchev–Trinajstić information content (AvgIpc) is 3.13. The fraction of sp³-hybridized carbons (Fsp3) is 0.391. The molecule has 1 atom stereocenters. The van der Waals surface area contributed by atoms with Crippen molar-refractivity contribution in [1.29, 1.82) is 0 Å². The molecule has 1 aliphatic heterocycles. The van der Waals surface area contributed by atoms with E-state index < -0.39 is 5.76 Å². The van der Waals surface area contributed by atoms with Crippen molar-refractivity contribution in [3.05, 3.63) is 64.6 Å². The van der Waals surface area contributed by atoms with Crippen molar-refractivity contribution in [2.75, 3.05) is 40.0 Å². The van der Waals surface area contributed by atoms with E-state index in [4.69, 9.17) is 13.9 Å². The number of carbonyl (C=O) groups is 1. The summed E-state index contributed by atoms with van der Waals surface area (Å²) in [7, 11) is 1.64. The Bertz CT molecular complexity index is 1070. The highest BCUT2D eigenvalue weighted by atomic mass is 16.5. The summed E-state index contributed by atoms with van der Waals surface area (Å²) >= 11 is 0. The average molecular weight is 425 g/mol. The molecule has 8 nitrogen and oxygen atoms in total. The number of para-hydroxylation sites is 2. The SMILES string of the molecule is COc1ccc(C(CNC(=O)CCn2c(=O)oc3ccccc32)N2CCOCC2)cc1. The second-order valence-electron chi connectivity index (χ2n) is 7.48. The molecule has 2 heterocycles. The summed E-state index contributed by atoms with van der Waals surface area (Å²) in [6.07, 6.45) is 0.196. The van der Waals surface area contributed by atoms with Gasteiger partial charge in [0.2, 0.25) is 5.91 Å². The third-order valence-corrected chi connectivity index (χ3v) is 5.62. The number of fused-ring (bicyclic) bond motifs is 1. The summed E-state index contributed by atoms with van der Waals surface area (Å²) in [5.74, 6) is 0.244.